The Morgan fingerprint density at radius 3 is 2.11 bits per heavy atom. The number of aromatic nitrogens is 2. The summed E-state index contributed by atoms with van der Waals surface area (Å²) >= 11 is 0. The molecule has 0 radical (unpaired) electrons. The number of hydrogen-bond donors (Lipinski definition) is 2. The molecule has 0 aliphatic carbocycles. The van der Waals surface area contributed by atoms with Crippen LogP contribution in [0.1, 0.15) is 43.0 Å². The van der Waals surface area contributed by atoms with Gasteiger partial charge < -0.3 is 10.6 Å². The Morgan fingerprint density at radius 1 is 0.857 bits per heavy atom. The molecular weight excluding hydrogens is 352 g/mol. The number of rotatable bonds is 5. The SMILES string of the molecule is Cc1cc(C)c(NC(=O)c2cncc(C(=O)NCc3ccncc3)c2)c(C)c1. The van der Waals surface area contributed by atoms with Crippen molar-refractivity contribution in [2.75, 3.05) is 5.32 Å². The number of nitrogens with zero attached hydrogens (tertiary/aromatic N) is 2. The highest BCUT2D eigenvalue weighted by Gasteiger charge is 2.14. The van der Waals surface area contributed by atoms with Gasteiger partial charge in [-0.3, -0.25) is 19.6 Å². The van der Waals surface area contributed by atoms with Crippen LogP contribution in [-0.4, -0.2) is 21.8 Å². The van der Waals surface area contributed by atoms with E-state index in [1.165, 1.54) is 12.4 Å². The maximum Gasteiger partial charge on any atom is 0.257 e. The van der Waals surface area contributed by atoms with Gasteiger partial charge in [0.05, 0.1) is 11.1 Å². The molecule has 2 aromatic heterocycles. The lowest BCUT2D eigenvalue weighted by Crippen LogP contribution is -2.23. The van der Waals surface area contributed by atoms with Gasteiger partial charge in [0.15, 0.2) is 0 Å². The van der Waals surface area contributed by atoms with Gasteiger partial charge in [-0.15, -0.1) is 0 Å². The van der Waals surface area contributed by atoms with Crippen LogP contribution in [0.4, 0.5) is 5.69 Å². The van der Waals surface area contributed by atoms with Gasteiger partial charge in [0, 0.05) is 37.0 Å². The second-order valence-corrected chi connectivity index (χ2v) is 6.73. The van der Waals surface area contributed by atoms with E-state index >= 15 is 0 Å². The quantitative estimate of drug-likeness (QED) is 0.715. The Hall–Kier alpha value is -3.54. The fourth-order valence-electron chi connectivity index (χ4n) is 3.04. The Kier molecular flexibility index (Phi) is 5.79. The predicted molar refractivity (Wildman–Crippen MR) is 108 cm³/mol. The third-order valence-electron chi connectivity index (χ3n) is 4.38. The third kappa shape index (κ3) is 4.59. The summed E-state index contributed by atoms with van der Waals surface area (Å²) in [5, 5.41) is 5.75. The number of pyridine rings is 2. The lowest BCUT2D eigenvalue weighted by atomic mass is 10.0. The predicted octanol–water partition coefficient (Wildman–Crippen LogP) is 3.58. The second kappa shape index (κ2) is 8.43. The molecule has 1 aromatic carbocycles. The summed E-state index contributed by atoms with van der Waals surface area (Å²) < 4.78 is 0. The highest BCUT2D eigenvalue weighted by atomic mass is 16.2. The van der Waals surface area contributed by atoms with Crippen LogP contribution in [0.5, 0.6) is 0 Å². The summed E-state index contributed by atoms with van der Waals surface area (Å²) in [6.45, 7) is 6.30. The largest absolute Gasteiger partial charge is 0.348 e. The van der Waals surface area contributed by atoms with Crippen molar-refractivity contribution in [1.29, 1.82) is 0 Å². The molecule has 0 saturated heterocycles. The molecule has 142 valence electrons. The van der Waals surface area contributed by atoms with Gasteiger partial charge in [0.1, 0.15) is 0 Å². The lowest BCUT2D eigenvalue weighted by Gasteiger charge is -2.13. The van der Waals surface area contributed by atoms with E-state index in [9.17, 15) is 9.59 Å². The zero-order valence-electron chi connectivity index (χ0n) is 16.1. The molecule has 0 bridgehead atoms. The number of hydrogen-bond acceptors (Lipinski definition) is 4. The van der Waals surface area contributed by atoms with Gasteiger partial charge in [-0.05, 0) is 55.7 Å². The number of anilines is 1. The average molecular weight is 374 g/mol. The van der Waals surface area contributed by atoms with Gasteiger partial charge in [-0.25, -0.2) is 0 Å². The molecule has 28 heavy (non-hydrogen) atoms. The van der Waals surface area contributed by atoms with Crippen molar-refractivity contribution < 1.29 is 9.59 Å². The minimum absolute atomic E-state index is 0.290. The molecule has 0 spiro atoms. The molecule has 3 aromatic rings. The monoisotopic (exact) mass is 374 g/mol. The summed E-state index contributed by atoms with van der Waals surface area (Å²) in [6.07, 6.45) is 6.24. The molecule has 0 unspecified atom stereocenters. The molecule has 6 nitrogen and oxygen atoms in total. The molecule has 0 saturated carbocycles. The fourth-order valence-corrected chi connectivity index (χ4v) is 3.04. The molecule has 3 rings (SSSR count). The molecule has 2 heterocycles. The Balaban J connectivity index is 1.72. The highest BCUT2D eigenvalue weighted by molar-refractivity contribution is 6.06. The van der Waals surface area contributed by atoms with E-state index in [0.717, 1.165) is 27.9 Å². The fraction of sp³-hybridized carbons (Fsp3) is 0.182. The van der Waals surface area contributed by atoms with Gasteiger partial charge in [0.2, 0.25) is 0 Å². The third-order valence-corrected chi connectivity index (χ3v) is 4.38. The van der Waals surface area contributed by atoms with Crippen molar-refractivity contribution in [1.82, 2.24) is 15.3 Å². The van der Waals surface area contributed by atoms with E-state index in [0.29, 0.717) is 17.7 Å². The van der Waals surface area contributed by atoms with Crippen molar-refractivity contribution >= 4 is 17.5 Å². The number of nitrogens with one attached hydrogen (secondary N) is 2. The van der Waals surface area contributed by atoms with Crippen LogP contribution in [0, 0.1) is 20.8 Å². The van der Waals surface area contributed by atoms with E-state index in [2.05, 4.69) is 20.6 Å². The number of aryl methyl sites for hydroxylation is 3. The van der Waals surface area contributed by atoms with Crippen LogP contribution in [0.15, 0.2) is 55.1 Å². The zero-order chi connectivity index (χ0) is 20.1. The van der Waals surface area contributed by atoms with Crippen LogP contribution >= 0.6 is 0 Å². The number of carbonyl (C=O) groups is 2. The lowest BCUT2D eigenvalue weighted by molar-refractivity contribution is 0.0950. The molecule has 0 atom stereocenters. The van der Waals surface area contributed by atoms with E-state index in [1.807, 2.05) is 45.0 Å². The van der Waals surface area contributed by atoms with Crippen molar-refractivity contribution in [3.05, 3.63) is 88.5 Å². The first-order valence-electron chi connectivity index (χ1n) is 8.95. The van der Waals surface area contributed by atoms with Gasteiger partial charge in [0.25, 0.3) is 11.8 Å². The van der Waals surface area contributed by atoms with E-state index in [4.69, 9.17) is 0 Å². The molecule has 2 amide bonds. The number of amides is 2. The smallest absolute Gasteiger partial charge is 0.257 e. The normalized spacial score (nSPS) is 10.4. The van der Waals surface area contributed by atoms with Crippen molar-refractivity contribution in [3.63, 3.8) is 0 Å². The minimum atomic E-state index is -0.300. The molecule has 0 aliphatic rings. The summed E-state index contributed by atoms with van der Waals surface area (Å²) in [4.78, 5) is 33.1. The number of benzene rings is 1. The number of carbonyl (C=O) groups excluding carboxylic acids is 2. The van der Waals surface area contributed by atoms with Crippen molar-refractivity contribution in [2.45, 2.75) is 27.3 Å². The molecule has 0 aliphatic heterocycles. The average Bonchev–Trinajstić information content (AvgIpc) is 2.69. The summed E-state index contributed by atoms with van der Waals surface area (Å²) in [5.41, 5.74) is 5.51. The molecule has 2 N–H and O–H groups in total. The van der Waals surface area contributed by atoms with Gasteiger partial charge in [-0.2, -0.15) is 0 Å². The zero-order valence-corrected chi connectivity index (χ0v) is 16.1. The summed E-state index contributed by atoms with van der Waals surface area (Å²) in [7, 11) is 0. The Bertz CT molecular complexity index is 993. The first-order valence-corrected chi connectivity index (χ1v) is 8.95. The highest BCUT2D eigenvalue weighted by Crippen LogP contribution is 2.22. The second-order valence-electron chi connectivity index (χ2n) is 6.73. The first-order chi connectivity index (χ1) is 13.4. The van der Waals surface area contributed by atoms with Crippen LogP contribution < -0.4 is 10.6 Å². The van der Waals surface area contributed by atoms with E-state index < -0.39 is 0 Å². The van der Waals surface area contributed by atoms with Crippen LogP contribution in [0.25, 0.3) is 0 Å². The van der Waals surface area contributed by atoms with Crippen LogP contribution in [-0.2, 0) is 6.54 Å². The van der Waals surface area contributed by atoms with Crippen LogP contribution in [0.2, 0.25) is 0 Å². The molecular formula is C22H22N4O2. The van der Waals surface area contributed by atoms with Crippen molar-refractivity contribution in [3.8, 4) is 0 Å². The van der Waals surface area contributed by atoms with Gasteiger partial charge >= 0.3 is 0 Å². The van der Waals surface area contributed by atoms with Crippen LogP contribution in [0.3, 0.4) is 0 Å². The topological polar surface area (TPSA) is 84.0 Å². The Labute approximate surface area is 164 Å². The summed E-state index contributed by atoms with van der Waals surface area (Å²) in [5.74, 6) is -0.590. The summed E-state index contributed by atoms with van der Waals surface area (Å²) in [6, 6.07) is 9.24. The molecule has 6 heteroatoms. The van der Waals surface area contributed by atoms with E-state index in [1.54, 1.807) is 18.5 Å². The van der Waals surface area contributed by atoms with Gasteiger partial charge in [-0.1, -0.05) is 17.7 Å². The maximum absolute atomic E-state index is 12.7. The van der Waals surface area contributed by atoms with E-state index in [-0.39, 0.29) is 11.8 Å². The first kappa shape index (κ1) is 19.2. The Morgan fingerprint density at radius 2 is 1.46 bits per heavy atom. The minimum Gasteiger partial charge on any atom is -0.348 e. The maximum atomic E-state index is 12.7. The standard InChI is InChI=1S/C22H22N4O2/c1-14-8-15(2)20(16(3)9-14)26-22(28)19-10-18(12-24-13-19)21(27)25-11-17-4-6-23-7-5-17/h4-10,12-13H,11H2,1-3H3,(H,25,27)(H,26,28). The van der Waals surface area contributed by atoms with Crippen molar-refractivity contribution in [2.24, 2.45) is 0 Å². The molecule has 0 fully saturated rings.